The van der Waals surface area contributed by atoms with Crippen LogP contribution >= 0.6 is 15.9 Å². The molecule has 4 nitrogen and oxygen atoms in total. The number of aromatic amines is 2. The number of hydrogen-bond acceptors (Lipinski definition) is 2. The van der Waals surface area contributed by atoms with E-state index in [4.69, 9.17) is 0 Å². The lowest BCUT2D eigenvalue weighted by Gasteiger charge is -2.01. The van der Waals surface area contributed by atoms with Crippen molar-refractivity contribution in [3.8, 4) is 11.4 Å². The van der Waals surface area contributed by atoms with Crippen LogP contribution in [0.15, 0.2) is 27.5 Å². The van der Waals surface area contributed by atoms with E-state index in [9.17, 15) is 4.79 Å². The Kier molecular flexibility index (Phi) is 2.25. The van der Waals surface area contributed by atoms with Crippen LogP contribution in [-0.4, -0.2) is 15.2 Å². The number of nitrogens with one attached hydrogen (secondary N) is 2. The number of hydrogen-bond donors (Lipinski definition) is 2. The van der Waals surface area contributed by atoms with Crippen molar-refractivity contribution < 1.29 is 0 Å². The molecule has 0 radical (unpaired) electrons. The Hall–Kier alpha value is -1.36. The third-order valence-corrected chi connectivity index (χ3v) is 2.44. The smallest absolute Gasteiger partial charge is 0.289 e. The highest BCUT2D eigenvalue weighted by molar-refractivity contribution is 9.10. The van der Waals surface area contributed by atoms with Crippen molar-refractivity contribution in [2.75, 3.05) is 0 Å². The summed E-state index contributed by atoms with van der Waals surface area (Å²) in [5.41, 5.74) is 1.69. The number of halogens is 1. The molecule has 0 fully saturated rings. The van der Waals surface area contributed by atoms with Gasteiger partial charge in [0.2, 0.25) is 0 Å². The standard InChI is InChI=1S/C9H8BrN3O/c1-5-4-6(10)2-3-7(5)8-11-9(14)13-12-8/h2-4H,1H3,(H2,11,12,13,14). The lowest BCUT2D eigenvalue weighted by atomic mass is 10.1. The van der Waals surface area contributed by atoms with Crippen LogP contribution in [-0.2, 0) is 0 Å². The molecule has 1 aromatic carbocycles. The fourth-order valence-corrected chi connectivity index (χ4v) is 1.77. The zero-order valence-corrected chi connectivity index (χ0v) is 9.05. The van der Waals surface area contributed by atoms with Gasteiger partial charge in [0, 0.05) is 10.0 Å². The third kappa shape index (κ3) is 1.63. The summed E-state index contributed by atoms with van der Waals surface area (Å²) in [7, 11) is 0. The van der Waals surface area contributed by atoms with Gasteiger partial charge in [-0.2, -0.15) is 5.10 Å². The lowest BCUT2D eigenvalue weighted by molar-refractivity contribution is 1.05. The summed E-state index contributed by atoms with van der Waals surface area (Å²) in [6, 6.07) is 5.79. The van der Waals surface area contributed by atoms with Crippen LogP contribution in [0.25, 0.3) is 11.4 Å². The molecule has 0 spiro atoms. The van der Waals surface area contributed by atoms with E-state index < -0.39 is 0 Å². The first kappa shape index (κ1) is 9.21. The van der Waals surface area contributed by atoms with Crippen LogP contribution in [0.2, 0.25) is 0 Å². The van der Waals surface area contributed by atoms with Gasteiger partial charge in [-0.1, -0.05) is 15.9 Å². The fourth-order valence-electron chi connectivity index (χ4n) is 1.29. The molecule has 1 aromatic heterocycles. The monoisotopic (exact) mass is 253 g/mol. The molecule has 2 rings (SSSR count). The largest absolute Gasteiger partial charge is 0.340 e. The van der Waals surface area contributed by atoms with Gasteiger partial charge in [0.25, 0.3) is 0 Å². The molecule has 2 aromatic rings. The van der Waals surface area contributed by atoms with Crippen molar-refractivity contribution >= 4 is 15.9 Å². The Morgan fingerprint density at radius 2 is 2.21 bits per heavy atom. The van der Waals surface area contributed by atoms with Gasteiger partial charge in [-0.15, -0.1) is 0 Å². The number of H-pyrrole nitrogens is 2. The molecule has 72 valence electrons. The second-order valence-electron chi connectivity index (χ2n) is 2.99. The van der Waals surface area contributed by atoms with E-state index in [2.05, 4.69) is 31.1 Å². The van der Waals surface area contributed by atoms with Crippen molar-refractivity contribution in [2.45, 2.75) is 6.92 Å². The first-order valence-corrected chi connectivity index (χ1v) is 4.87. The predicted octanol–water partition coefficient (Wildman–Crippen LogP) is 1.84. The highest BCUT2D eigenvalue weighted by atomic mass is 79.9. The van der Waals surface area contributed by atoms with Gasteiger partial charge < -0.3 is 0 Å². The quantitative estimate of drug-likeness (QED) is 0.815. The van der Waals surface area contributed by atoms with Crippen LogP contribution in [0.5, 0.6) is 0 Å². The molecule has 5 heteroatoms. The van der Waals surface area contributed by atoms with Crippen molar-refractivity contribution in [3.63, 3.8) is 0 Å². The molecule has 0 aliphatic carbocycles. The van der Waals surface area contributed by atoms with Gasteiger partial charge >= 0.3 is 5.69 Å². The first-order chi connectivity index (χ1) is 6.66. The predicted molar refractivity (Wildman–Crippen MR) is 57.1 cm³/mol. The molecule has 0 saturated heterocycles. The lowest BCUT2D eigenvalue weighted by Crippen LogP contribution is -2.00. The Balaban J connectivity index is 2.57. The molecular formula is C9H8BrN3O. The van der Waals surface area contributed by atoms with Crippen LogP contribution in [0, 0.1) is 6.92 Å². The number of aryl methyl sites for hydroxylation is 1. The minimum Gasteiger partial charge on any atom is -0.289 e. The van der Waals surface area contributed by atoms with Crippen molar-refractivity contribution in [3.05, 3.63) is 38.7 Å². The molecule has 0 bridgehead atoms. The van der Waals surface area contributed by atoms with E-state index in [-0.39, 0.29) is 5.69 Å². The van der Waals surface area contributed by atoms with Crippen LogP contribution in [0.3, 0.4) is 0 Å². The third-order valence-electron chi connectivity index (χ3n) is 1.94. The summed E-state index contributed by atoms with van der Waals surface area (Å²) >= 11 is 3.37. The first-order valence-electron chi connectivity index (χ1n) is 4.08. The normalized spacial score (nSPS) is 10.4. The van der Waals surface area contributed by atoms with E-state index in [0.29, 0.717) is 5.82 Å². The van der Waals surface area contributed by atoms with Gasteiger partial charge in [0.15, 0.2) is 5.82 Å². The molecular weight excluding hydrogens is 246 g/mol. The molecule has 0 aliphatic heterocycles. The van der Waals surface area contributed by atoms with E-state index in [1.165, 1.54) is 0 Å². The average Bonchev–Trinajstić information content (AvgIpc) is 2.51. The zero-order chi connectivity index (χ0) is 10.1. The molecule has 0 saturated carbocycles. The topological polar surface area (TPSA) is 61.5 Å². The maximum Gasteiger partial charge on any atom is 0.340 e. The van der Waals surface area contributed by atoms with Gasteiger partial charge in [-0.3, -0.25) is 4.98 Å². The number of aromatic nitrogens is 3. The molecule has 0 unspecified atom stereocenters. The van der Waals surface area contributed by atoms with E-state index in [1.807, 2.05) is 25.1 Å². The Morgan fingerprint density at radius 1 is 1.43 bits per heavy atom. The Bertz CT molecular complexity index is 515. The molecule has 0 atom stereocenters. The van der Waals surface area contributed by atoms with Crippen molar-refractivity contribution in [2.24, 2.45) is 0 Å². The van der Waals surface area contributed by atoms with Crippen LogP contribution < -0.4 is 5.69 Å². The van der Waals surface area contributed by atoms with Crippen LogP contribution in [0.4, 0.5) is 0 Å². The second kappa shape index (κ2) is 3.42. The molecule has 1 heterocycles. The molecule has 2 N–H and O–H groups in total. The highest BCUT2D eigenvalue weighted by Gasteiger charge is 2.05. The summed E-state index contributed by atoms with van der Waals surface area (Å²) < 4.78 is 1.01. The minimum absolute atomic E-state index is 0.290. The highest BCUT2D eigenvalue weighted by Crippen LogP contribution is 2.22. The average molecular weight is 254 g/mol. The van der Waals surface area contributed by atoms with Gasteiger partial charge in [0.1, 0.15) is 0 Å². The number of nitrogens with zero attached hydrogens (tertiary/aromatic N) is 1. The summed E-state index contributed by atoms with van der Waals surface area (Å²) in [6.07, 6.45) is 0. The fraction of sp³-hybridized carbons (Fsp3) is 0.111. The summed E-state index contributed by atoms with van der Waals surface area (Å²) in [4.78, 5) is 13.5. The van der Waals surface area contributed by atoms with Crippen molar-refractivity contribution in [1.29, 1.82) is 0 Å². The second-order valence-corrected chi connectivity index (χ2v) is 3.90. The van der Waals surface area contributed by atoms with Crippen molar-refractivity contribution in [1.82, 2.24) is 15.2 Å². The van der Waals surface area contributed by atoms with E-state index >= 15 is 0 Å². The minimum atomic E-state index is -0.290. The van der Waals surface area contributed by atoms with Gasteiger partial charge in [0.05, 0.1) is 0 Å². The Morgan fingerprint density at radius 3 is 2.79 bits per heavy atom. The molecule has 14 heavy (non-hydrogen) atoms. The molecule has 0 amide bonds. The number of benzene rings is 1. The Labute approximate surface area is 88.5 Å². The summed E-state index contributed by atoms with van der Waals surface area (Å²) in [5, 5.41) is 6.20. The number of rotatable bonds is 1. The van der Waals surface area contributed by atoms with E-state index in [1.54, 1.807) is 0 Å². The van der Waals surface area contributed by atoms with E-state index in [0.717, 1.165) is 15.6 Å². The summed E-state index contributed by atoms with van der Waals surface area (Å²) in [5.74, 6) is 0.569. The summed E-state index contributed by atoms with van der Waals surface area (Å²) in [6.45, 7) is 1.97. The van der Waals surface area contributed by atoms with Gasteiger partial charge in [-0.25, -0.2) is 9.89 Å². The van der Waals surface area contributed by atoms with Gasteiger partial charge in [-0.05, 0) is 30.7 Å². The van der Waals surface area contributed by atoms with Crippen LogP contribution in [0.1, 0.15) is 5.56 Å². The SMILES string of the molecule is Cc1cc(Br)ccc1-c1n[nH]c(=O)[nH]1. The zero-order valence-electron chi connectivity index (χ0n) is 7.47. The molecule has 0 aliphatic rings. The maximum absolute atomic E-state index is 10.9. The maximum atomic E-state index is 10.9.